The Hall–Kier alpha value is -0.800. The summed E-state index contributed by atoms with van der Waals surface area (Å²) < 4.78 is 13.0. The Bertz CT molecular complexity index is 329. The molecular weight excluding hydrogens is 218 g/mol. The van der Waals surface area contributed by atoms with Crippen molar-refractivity contribution in [1.82, 2.24) is 0 Å². The van der Waals surface area contributed by atoms with Crippen LogP contribution in [-0.2, 0) is 11.2 Å². The molecule has 1 aromatic carbocycles. The van der Waals surface area contributed by atoms with Crippen molar-refractivity contribution in [2.24, 2.45) is 0 Å². The fourth-order valence-corrected chi connectivity index (χ4v) is 1.43. The topological polar surface area (TPSA) is 37.3 Å². The van der Waals surface area contributed by atoms with Crippen LogP contribution in [0, 0.1) is 5.82 Å². The smallest absolute Gasteiger partial charge is 0.307 e. The average Bonchev–Trinajstić information content (AvgIpc) is 1.96. The van der Waals surface area contributed by atoms with Crippen molar-refractivity contribution < 1.29 is 14.3 Å². The number of benzene rings is 1. The predicted octanol–water partition coefficient (Wildman–Crippen LogP) is 2.76. The highest BCUT2D eigenvalue weighted by atomic mass is 35.5. The molecule has 70 valence electrons. The molecule has 0 atom stereocenters. The zero-order valence-electron chi connectivity index (χ0n) is 6.35. The van der Waals surface area contributed by atoms with Crippen molar-refractivity contribution in [3.63, 3.8) is 0 Å². The third kappa shape index (κ3) is 2.57. The Morgan fingerprint density at radius 1 is 1.46 bits per heavy atom. The molecule has 0 saturated carbocycles. The van der Waals surface area contributed by atoms with E-state index in [0.717, 1.165) is 6.07 Å². The lowest BCUT2D eigenvalue weighted by molar-refractivity contribution is -0.136. The number of aliphatic carboxylic acids is 1. The molecule has 1 rings (SSSR count). The van der Waals surface area contributed by atoms with Gasteiger partial charge in [-0.05, 0) is 12.1 Å². The van der Waals surface area contributed by atoms with Crippen molar-refractivity contribution in [3.05, 3.63) is 33.6 Å². The largest absolute Gasteiger partial charge is 0.481 e. The molecule has 1 N–H and O–H groups in total. The summed E-state index contributed by atoms with van der Waals surface area (Å²) in [5.41, 5.74) is -0.0430. The Kier molecular flexibility index (Phi) is 3.12. The first-order valence-corrected chi connectivity index (χ1v) is 4.11. The minimum atomic E-state index is -1.14. The number of carbonyl (C=O) groups is 1. The van der Waals surface area contributed by atoms with Crippen LogP contribution in [0.25, 0.3) is 0 Å². The van der Waals surface area contributed by atoms with Gasteiger partial charge in [0.25, 0.3) is 0 Å². The first kappa shape index (κ1) is 10.3. The second kappa shape index (κ2) is 3.94. The molecule has 13 heavy (non-hydrogen) atoms. The van der Waals surface area contributed by atoms with Crippen molar-refractivity contribution in [2.45, 2.75) is 6.42 Å². The van der Waals surface area contributed by atoms with Gasteiger partial charge in [-0.2, -0.15) is 0 Å². The Morgan fingerprint density at radius 2 is 2.08 bits per heavy atom. The van der Waals surface area contributed by atoms with Crippen molar-refractivity contribution >= 4 is 29.2 Å². The first-order valence-electron chi connectivity index (χ1n) is 3.36. The van der Waals surface area contributed by atoms with E-state index in [2.05, 4.69) is 0 Å². The van der Waals surface area contributed by atoms with Gasteiger partial charge in [-0.1, -0.05) is 23.2 Å². The third-order valence-electron chi connectivity index (χ3n) is 1.43. The second-order valence-electron chi connectivity index (χ2n) is 2.42. The van der Waals surface area contributed by atoms with Gasteiger partial charge in [-0.3, -0.25) is 4.79 Å². The minimum Gasteiger partial charge on any atom is -0.481 e. The van der Waals surface area contributed by atoms with E-state index in [-0.39, 0.29) is 15.6 Å². The molecule has 0 aliphatic heterocycles. The molecule has 0 amide bonds. The Labute approximate surface area is 83.9 Å². The van der Waals surface area contributed by atoms with Gasteiger partial charge in [-0.15, -0.1) is 0 Å². The Morgan fingerprint density at radius 3 is 2.54 bits per heavy atom. The number of hydrogen-bond donors (Lipinski definition) is 1. The van der Waals surface area contributed by atoms with E-state index in [1.54, 1.807) is 0 Å². The highest BCUT2D eigenvalue weighted by Crippen LogP contribution is 2.24. The monoisotopic (exact) mass is 222 g/mol. The van der Waals surface area contributed by atoms with Crippen LogP contribution in [-0.4, -0.2) is 11.1 Å². The maximum atomic E-state index is 13.0. The van der Waals surface area contributed by atoms with E-state index in [1.165, 1.54) is 6.07 Å². The van der Waals surface area contributed by atoms with Gasteiger partial charge >= 0.3 is 5.97 Å². The molecule has 0 aliphatic rings. The van der Waals surface area contributed by atoms with Gasteiger partial charge in [0.15, 0.2) is 0 Å². The predicted molar refractivity (Wildman–Crippen MR) is 47.8 cm³/mol. The first-order chi connectivity index (χ1) is 6.00. The van der Waals surface area contributed by atoms with Crippen LogP contribution in [0.5, 0.6) is 0 Å². The summed E-state index contributed by atoms with van der Waals surface area (Å²) in [4.78, 5) is 10.3. The zero-order valence-corrected chi connectivity index (χ0v) is 7.86. The van der Waals surface area contributed by atoms with Crippen LogP contribution in [0.2, 0.25) is 10.0 Å². The van der Waals surface area contributed by atoms with Crippen molar-refractivity contribution in [3.8, 4) is 0 Å². The van der Waals surface area contributed by atoms with E-state index in [9.17, 15) is 9.18 Å². The Balaban J connectivity index is 3.13. The van der Waals surface area contributed by atoms with Crippen LogP contribution in [0.3, 0.4) is 0 Å². The summed E-state index contributed by atoms with van der Waals surface area (Å²) in [5, 5.41) is 8.61. The molecule has 0 fully saturated rings. The number of carboxylic acid groups (broad SMARTS) is 1. The van der Waals surface area contributed by atoms with Gasteiger partial charge in [0.2, 0.25) is 0 Å². The van der Waals surface area contributed by atoms with E-state index in [1.807, 2.05) is 0 Å². The van der Waals surface area contributed by atoms with Crippen LogP contribution >= 0.6 is 23.2 Å². The summed E-state index contributed by atoms with van der Waals surface area (Å²) in [7, 11) is 0. The molecule has 0 heterocycles. The SMILES string of the molecule is O=C(O)Cc1c(F)cc(Cl)cc1Cl. The van der Waals surface area contributed by atoms with Crippen LogP contribution in [0.15, 0.2) is 12.1 Å². The minimum absolute atomic E-state index is 0.0346. The van der Waals surface area contributed by atoms with Crippen molar-refractivity contribution in [1.29, 1.82) is 0 Å². The van der Waals surface area contributed by atoms with E-state index >= 15 is 0 Å². The highest BCUT2D eigenvalue weighted by molar-refractivity contribution is 6.35. The second-order valence-corrected chi connectivity index (χ2v) is 3.26. The molecule has 0 spiro atoms. The van der Waals surface area contributed by atoms with E-state index in [0.29, 0.717) is 0 Å². The maximum Gasteiger partial charge on any atom is 0.307 e. The number of halogens is 3. The van der Waals surface area contributed by atoms with Gasteiger partial charge < -0.3 is 5.11 Å². The number of carboxylic acids is 1. The molecule has 5 heteroatoms. The normalized spacial score (nSPS) is 10.1. The summed E-state index contributed by atoms with van der Waals surface area (Å²) in [6.07, 6.45) is -0.443. The summed E-state index contributed by atoms with van der Waals surface area (Å²) >= 11 is 11.1. The number of rotatable bonds is 2. The third-order valence-corrected chi connectivity index (χ3v) is 1.99. The number of hydrogen-bond acceptors (Lipinski definition) is 1. The van der Waals surface area contributed by atoms with Gasteiger partial charge in [0.05, 0.1) is 6.42 Å². The van der Waals surface area contributed by atoms with E-state index in [4.69, 9.17) is 28.3 Å². The molecule has 0 bridgehead atoms. The molecule has 2 nitrogen and oxygen atoms in total. The quantitative estimate of drug-likeness (QED) is 0.836. The molecule has 0 radical (unpaired) electrons. The molecule has 0 saturated heterocycles. The van der Waals surface area contributed by atoms with Crippen LogP contribution in [0.1, 0.15) is 5.56 Å². The summed E-state index contributed by atoms with van der Waals surface area (Å²) in [6.45, 7) is 0. The molecule has 0 aromatic heterocycles. The summed E-state index contributed by atoms with van der Waals surface area (Å²) in [5.74, 6) is -1.83. The summed E-state index contributed by atoms with van der Waals surface area (Å²) in [6, 6.07) is 2.34. The van der Waals surface area contributed by atoms with Gasteiger partial charge in [0.1, 0.15) is 5.82 Å². The lowest BCUT2D eigenvalue weighted by atomic mass is 10.1. The van der Waals surface area contributed by atoms with Gasteiger partial charge in [-0.25, -0.2) is 4.39 Å². The molecule has 1 aromatic rings. The van der Waals surface area contributed by atoms with Crippen molar-refractivity contribution in [2.75, 3.05) is 0 Å². The molecular formula is C8H5Cl2FO2. The zero-order chi connectivity index (χ0) is 10.0. The fraction of sp³-hybridized carbons (Fsp3) is 0.125. The molecule has 0 aliphatic carbocycles. The highest BCUT2D eigenvalue weighted by Gasteiger charge is 2.12. The average molecular weight is 223 g/mol. The lowest BCUT2D eigenvalue weighted by Gasteiger charge is -2.03. The standard InChI is InChI=1S/C8H5Cl2FO2/c9-4-1-6(10)5(3-8(12)13)7(11)2-4/h1-2H,3H2,(H,12,13). The maximum absolute atomic E-state index is 13.0. The van der Waals surface area contributed by atoms with E-state index < -0.39 is 18.2 Å². The van der Waals surface area contributed by atoms with Crippen LogP contribution < -0.4 is 0 Å². The fourth-order valence-electron chi connectivity index (χ4n) is 0.892. The van der Waals surface area contributed by atoms with Gasteiger partial charge in [0, 0.05) is 15.6 Å². The molecule has 0 unspecified atom stereocenters. The van der Waals surface area contributed by atoms with Crippen LogP contribution in [0.4, 0.5) is 4.39 Å². The lowest BCUT2D eigenvalue weighted by Crippen LogP contribution is -2.03.